The van der Waals surface area contributed by atoms with Crippen LogP contribution in [0.15, 0.2) is 12.2 Å². The Balaban J connectivity index is 2.47. The second kappa shape index (κ2) is 4.77. The lowest BCUT2D eigenvalue weighted by Crippen LogP contribution is -2.27. The second-order valence-electron chi connectivity index (χ2n) is 5.20. The van der Waals surface area contributed by atoms with Crippen LogP contribution in [0.1, 0.15) is 52.9 Å². The van der Waals surface area contributed by atoms with Crippen molar-refractivity contribution in [2.45, 2.75) is 52.9 Å². The van der Waals surface area contributed by atoms with Crippen molar-refractivity contribution < 1.29 is 4.79 Å². The number of Topliss-reactive ketones (excluding diaryl/α,β-unsaturated/α-hetero) is 1. The fraction of sp³-hybridized carbons (Fsp3) is 0.769. The molecule has 1 fully saturated rings. The minimum atomic E-state index is 0.329. The summed E-state index contributed by atoms with van der Waals surface area (Å²) in [5, 5.41) is 0. The molecule has 0 aromatic heterocycles. The molecule has 0 spiro atoms. The Labute approximate surface area is 87.6 Å². The van der Waals surface area contributed by atoms with E-state index in [1.807, 2.05) is 19.1 Å². The largest absolute Gasteiger partial charge is 0.299 e. The van der Waals surface area contributed by atoms with Gasteiger partial charge in [-0.05, 0) is 31.6 Å². The van der Waals surface area contributed by atoms with Crippen LogP contribution in [0.3, 0.4) is 0 Å². The number of rotatable bonds is 3. The first-order chi connectivity index (χ1) is 6.55. The summed E-state index contributed by atoms with van der Waals surface area (Å²) in [7, 11) is 0. The van der Waals surface area contributed by atoms with E-state index in [1.54, 1.807) is 0 Å². The summed E-state index contributed by atoms with van der Waals surface area (Å²) >= 11 is 0. The highest BCUT2D eigenvalue weighted by molar-refractivity contribution is 5.82. The fourth-order valence-electron chi connectivity index (χ4n) is 2.37. The van der Waals surface area contributed by atoms with Crippen LogP contribution in [0.2, 0.25) is 0 Å². The van der Waals surface area contributed by atoms with Gasteiger partial charge in [0, 0.05) is 12.3 Å². The quantitative estimate of drug-likeness (QED) is 0.625. The Morgan fingerprint density at radius 1 is 1.50 bits per heavy atom. The van der Waals surface area contributed by atoms with Gasteiger partial charge in [0.15, 0.2) is 0 Å². The summed E-state index contributed by atoms with van der Waals surface area (Å²) in [6, 6.07) is 0. The first-order valence-corrected chi connectivity index (χ1v) is 5.69. The molecule has 0 heterocycles. The van der Waals surface area contributed by atoms with Gasteiger partial charge in [0.05, 0.1) is 0 Å². The molecule has 1 nitrogen and oxygen atoms in total. The first kappa shape index (κ1) is 11.5. The Morgan fingerprint density at radius 2 is 2.21 bits per heavy atom. The van der Waals surface area contributed by atoms with E-state index in [1.165, 1.54) is 12.8 Å². The molecule has 1 heteroatoms. The molecule has 1 aliphatic rings. The van der Waals surface area contributed by atoms with Crippen LogP contribution in [0.5, 0.6) is 0 Å². The van der Waals surface area contributed by atoms with Gasteiger partial charge < -0.3 is 0 Å². The first-order valence-electron chi connectivity index (χ1n) is 5.69. The van der Waals surface area contributed by atoms with Crippen LogP contribution >= 0.6 is 0 Å². The van der Waals surface area contributed by atoms with Gasteiger partial charge in [0.25, 0.3) is 0 Å². The minimum absolute atomic E-state index is 0.329. The molecule has 1 aliphatic carbocycles. The second-order valence-corrected chi connectivity index (χ2v) is 5.20. The summed E-state index contributed by atoms with van der Waals surface area (Å²) in [5.41, 5.74) is 0.383. The molecule has 0 aromatic rings. The molecule has 0 radical (unpaired) electrons. The van der Waals surface area contributed by atoms with E-state index in [-0.39, 0.29) is 0 Å². The third-order valence-corrected chi connectivity index (χ3v) is 3.22. The summed E-state index contributed by atoms with van der Waals surface area (Å²) in [6.07, 6.45) is 9.27. The maximum Gasteiger partial charge on any atom is 0.139 e. The monoisotopic (exact) mass is 194 g/mol. The maximum absolute atomic E-state index is 11.8. The van der Waals surface area contributed by atoms with Crippen molar-refractivity contribution in [2.75, 3.05) is 0 Å². The number of ketones is 1. The molecule has 14 heavy (non-hydrogen) atoms. The highest BCUT2D eigenvalue weighted by Crippen LogP contribution is 2.39. The average Bonchev–Trinajstić information content (AvgIpc) is 2.12. The van der Waals surface area contributed by atoms with Crippen LogP contribution < -0.4 is 0 Å². The lowest BCUT2D eigenvalue weighted by molar-refractivity contribution is -0.124. The number of carbonyl (C=O) groups excluding carboxylic acids is 1. The van der Waals surface area contributed by atoms with E-state index in [0.717, 1.165) is 12.8 Å². The lowest BCUT2D eigenvalue weighted by Gasteiger charge is -2.34. The standard InChI is InChI=1S/C13H22O/c1-4-5-8-12(14)11-7-6-9-13(2,3)10-11/h4-5,11H,6-10H2,1-3H3/b5-4+. The predicted molar refractivity (Wildman–Crippen MR) is 60.2 cm³/mol. The Hall–Kier alpha value is -0.590. The van der Waals surface area contributed by atoms with E-state index in [2.05, 4.69) is 13.8 Å². The van der Waals surface area contributed by atoms with E-state index in [4.69, 9.17) is 0 Å². The molecule has 1 saturated carbocycles. The smallest absolute Gasteiger partial charge is 0.139 e. The SMILES string of the molecule is C/C=C/CC(=O)C1CCCC(C)(C)C1. The molecular formula is C13H22O. The third-order valence-electron chi connectivity index (χ3n) is 3.22. The lowest BCUT2D eigenvalue weighted by atomic mass is 9.70. The van der Waals surface area contributed by atoms with Crippen molar-refractivity contribution in [3.8, 4) is 0 Å². The highest BCUT2D eigenvalue weighted by atomic mass is 16.1. The van der Waals surface area contributed by atoms with Crippen molar-refractivity contribution in [3.63, 3.8) is 0 Å². The molecular weight excluding hydrogens is 172 g/mol. The molecule has 1 rings (SSSR count). The van der Waals surface area contributed by atoms with Crippen LogP contribution in [0.4, 0.5) is 0 Å². The summed E-state index contributed by atoms with van der Waals surface area (Å²) < 4.78 is 0. The normalized spacial score (nSPS) is 26.6. The van der Waals surface area contributed by atoms with Crippen molar-refractivity contribution in [1.82, 2.24) is 0 Å². The molecule has 0 amide bonds. The van der Waals surface area contributed by atoms with Gasteiger partial charge in [-0.3, -0.25) is 4.79 Å². The number of hydrogen-bond acceptors (Lipinski definition) is 1. The van der Waals surface area contributed by atoms with Gasteiger partial charge in [-0.1, -0.05) is 32.4 Å². The Morgan fingerprint density at radius 3 is 2.79 bits per heavy atom. The molecule has 0 aliphatic heterocycles. The highest BCUT2D eigenvalue weighted by Gasteiger charge is 2.30. The zero-order chi connectivity index (χ0) is 10.6. The predicted octanol–water partition coefficient (Wildman–Crippen LogP) is 3.74. The van der Waals surface area contributed by atoms with Gasteiger partial charge in [0.2, 0.25) is 0 Å². The van der Waals surface area contributed by atoms with Gasteiger partial charge in [0.1, 0.15) is 5.78 Å². The zero-order valence-corrected chi connectivity index (χ0v) is 9.68. The number of allylic oxidation sites excluding steroid dienone is 2. The van der Waals surface area contributed by atoms with E-state index in [0.29, 0.717) is 23.5 Å². The molecule has 0 bridgehead atoms. The van der Waals surface area contributed by atoms with Gasteiger partial charge in [-0.25, -0.2) is 0 Å². The molecule has 0 saturated heterocycles. The molecule has 0 aromatic carbocycles. The third kappa shape index (κ3) is 3.28. The summed E-state index contributed by atoms with van der Waals surface area (Å²) in [4.78, 5) is 11.8. The zero-order valence-electron chi connectivity index (χ0n) is 9.68. The van der Waals surface area contributed by atoms with Crippen molar-refractivity contribution in [2.24, 2.45) is 11.3 Å². The van der Waals surface area contributed by atoms with Crippen LogP contribution in [-0.2, 0) is 4.79 Å². The number of carbonyl (C=O) groups is 1. The van der Waals surface area contributed by atoms with Gasteiger partial charge in [-0.2, -0.15) is 0 Å². The fourth-order valence-corrected chi connectivity index (χ4v) is 2.37. The van der Waals surface area contributed by atoms with Crippen LogP contribution in [0, 0.1) is 11.3 Å². The molecule has 80 valence electrons. The summed E-state index contributed by atoms with van der Waals surface area (Å²) in [5.74, 6) is 0.769. The van der Waals surface area contributed by atoms with Gasteiger partial charge >= 0.3 is 0 Å². The molecule has 1 unspecified atom stereocenters. The average molecular weight is 194 g/mol. The van der Waals surface area contributed by atoms with Crippen molar-refractivity contribution in [3.05, 3.63) is 12.2 Å². The Bertz CT molecular complexity index is 225. The van der Waals surface area contributed by atoms with E-state index < -0.39 is 0 Å². The van der Waals surface area contributed by atoms with E-state index in [9.17, 15) is 4.79 Å². The van der Waals surface area contributed by atoms with Crippen LogP contribution in [-0.4, -0.2) is 5.78 Å². The molecule has 0 N–H and O–H groups in total. The molecule has 1 atom stereocenters. The Kier molecular flexibility index (Phi) is 3.91. The summed E-state index contributed by atoms with van der Waals surface area (Å²) in [6.45, 7) is 6.53. The number of hydrogen-bond donors (Lipinski definition) is 0. The maximum atomic E-state index is 11.8. The minimum Gasteiger partial charge on any atom is -0.299 e. The van der Waals surface area contributed by atoms with E-state index >= 15 is 0 Å². The van der Waals surface area contributed by atoms with Crippen LogP contribution in [0.25, 0.3) is 0 Å². The van der Waals surface area contributed by atoms with Crippen molar-refractivity contribution >= 4 is 5.78 Å². The van der Waals surface area contributed by atoms with Crippen molar-refractivity contribution in [1.29, 1.82) is 0 Å². The topological polar surface area (TPSA) is 17.1 Å². The van der Waals surface area contributed by atoms with Gasteiger partial charge in [-0.15, -0.1) is 0 Å².